The molecule has 2 aliphatic heterocycles. The SMILES string of the molecule is O=C(O)[C@@H]1CCCN(C(=O)N2CC[C@@]3(S(=O)(=O)c4ccc(F)cc4)c4ccc(C(F)(C(F)(F)F)C(F)(F)F)cc4CC[C@@H]23)C1. The highest BCUT2D eigenvalue weighted by atomic mass is 32.2. The van der Waals surface area contributed by atoms with Crippen LogP contribution >= 0.6 is 0 Å². The van der Waals surface area contributed by atoms with Crippen LogP contribution in [0.25, 0.3) is 0 Å². The Bertz CT molecular complexity index is 1560. The van der Waals surface area contributed by atoms with Crippen molar-refractivity contribution in [2.45, 2.75) is 65.8 Å². The molecule has 2 heterocycles. The van der Waals surface area contributed by atoms with Gasteiger partial charge in [0.15, 0.2) is 9.84 Å². The second-order valence-corrected chi connectivity index (χ2v) is 13.5. The molecule has 0 saturated carbocycles. The van der Waals surface area contributed by atoms with Gasteiger partial charge in [-0.2, -0.15) is 26.3 Å². The van der Waals surface area contributed by atoms with E-state index in [1.165, 1.54) is 9.80 Å². The molecule has 44 heavy (non-hydrogen) atoms. The lowest BCUT2D eigenvalue weighted by atomic mass is 9.77. The van der Waals surface area contributed by atoms with Crippen molar-refractivity contribution in [1.29, 1.82) is 0 Å². The van der Waals surface area contributed by atoms with E-state index in [-0.39, 0.29) is 56.1 Å². The minimum atomic E-state index is -6.38. The van der Waals surface area contributed by atoms with E-state index in [1.54, 1.807) is 0 Å². The summed E-state index contributed by atoms with van der Waals surface area (Å²) in [5.74, 6) is -2.73. The first-order valence-electron chi connectivity index (χ1n) is 13.6. The highest BCUT2D eigenvalue weighted by molar-refractivity contribution is 7.92. The minimum absolute atomic E-state index is 0.136. The number of carboxylic acid groups (broad SMARTS) is 1. The van der Waals surface area contributed by atoms with Crippen LogP contribution in [-0.2, 0) is 31.5 Å². The van der Waals surface area contributed by atoms with E-state index in [4.69, 9.17) is 0 Å². The van der Waals surface area contributed by atoms with Crippen molar-refractivity contribution in [2.24, 2.45) is 5.92 Å². The van der Waals surface area contributed by atoms with Gasteiger partial charge in [-0.1, -0.05) is 18.2 Å². The van der Waals surface area contributed by atoms with Crippen LogP contribution < -0.4 is 0 Å². The molecule has 3 atom stereocenters. The summed E-state index contributed by atoms with van der Waals surface area (Å²) in [5.41, 5.74) is -7.95. The lowest BCUT2D eigenvalue weighted by molar-refractivity contribution is -0.348. The monoisotopic (exact) mass is 654 g/mol. The van der Waals surface area contributed by atoms with Gasteiger partial charge in [0.05, 0.1) is 16.9 Å². The zero-order valence-electron chi connectivity index (χ0n) is 22.8. The van der Waals surface area contributed by atoms with E-state index in [9.17, 15) is 58.2 Å². The predicted molar refractivity (Wildman–Crippen MR) is 137 cm³/mol. The Labute approximate surface area is 246 Å². The van der Waals surface area contributed by atoms with Crippen molar-refractivity contribution in [3.63, 3.8) is 0 Å². The van der Waals surface area contributed by atoms with Crippen LogP contribution in [-0.4, -0.2) is 73.4 Å². The molecule has 2 fully saturated rings. The number of aliphatic carboxylic acids is 1. The van der Waals surface area contributed by atoms with Gasteiger partial charge in [-0.05, 0) is 67.5 Å². The Morgan fingerprint density at radius 2 is 1.55 bits per heavy atom. The van der Waals surface area contributed by atoms with E-state index in [0.717, 1.165) is 30.3 Å². The van der Waals surface area contributed by atoms with Crippen molar-refractivity contribution in [3.05, 3.63) is 65.0 Å². The Kier molecular flexibility index (Phi) is 7.69. The van der Waals surface area contributed by atoms with Gasteiger partial charge in [0.1, 0.15) is 10.6 Å². The fourth-order valence-electron chi connectivity index (χ4n) is 6.82. The number of sulfone groups is 1. The third-order valence-corrected chi connectivity index (χ3v) is 11.5. The molecule has 7 nitrogen and oxygen atoms in total. The molecule has 1 aliphatic carbocycles. The summed E-state index contributed by atoms with van der Waals surface area (Å²) in [6.45, 7) is -0.142. The number of nitrogens with zero attached hydrogens (tertiary/aromatic N) is 2. The molecule has 3 aliphatic rings. The molecule has 2 saturated heterocycles. The maximum absolute atomic E-state index is 15.0. The standard InChI is InChI=1S/C28H26F8N2O5S/c29-19-5-7-20(8-6-19)44(42,43)25-11-13-38(24(41)37-12-1-2-17(15-37)23(39)40)22(25)10-3-16-14-18(4-9-21(16)25)26(30,27(31,32)33)28(34,35)36/h4-9,14,17,22H,1-3,10-13,15H2,(H,39,40)/t17-,22-,25-/m1/s1. The number of aryl methyl sites for hydroxylation is 1. The average Bonchev–Trinajstić information content (AvgIpc) is 3.37. The molecule has 0 aromatic heterocycles. The van der Waals surface area contributed by atoms with Crippen LogP contribution in [0.15, 0.2) is 47.4 Å². The number of hydrogen-bond donors (Lipinski definition) is 1. The molecule has 1 N–H and O–H groups in total. The Hall–Kier alpha value is -3.43. The van der Waals surface area contributed by atoms with Crippen LogP contribution in [0.1, 0.15) is 42.4 Å². The summed E-state index contributed by atoms with van der Waals surface area (Å²) in [7, 11) is -4.63. The number of amides is 2. The number of alkyl halides is 7. The minimum Gasteiger partial charge on any atom is -0.481 e. The molecular weight excluding hydrogens is 628 g/mol. The van der Waals surface area contributed by atoms with Gasteiger partial charge in [0.2, 0.25) is 0 Å². The molecular formula is C28H26F8N2O5S. The quantitative estimate of drug-likeness (QED) is 0.336. The number of rotatable bonds is 4. The summed E-state index contributed by atoms with van der Waals surface area (Å²) in [6, 6.07) is 3.21. The summed E-state index contributed by atoms with van der Waals surface area (Å²) in [6.07, 6.45) is -12.9. The number of benzene rings is 2. The van der Waals surface area contributed by atoms with Crippen molar-refractivity contribution in [3.8, 4) is 0 Å². The maximum atomic E-state index is 15.0. The van der Waals surface area contributed by atoms with Gasteiger partial charge in [0, 0.05) is 25.2 Å². The fourth-order valence-corrected chi connectivity index (χ4v) is 9.18. The van der Waals surface area contributed by atoms with Gasteiger partial charge in [-0.3, -0.25) is 4.79 Å². The Morgan fingerprint density at radius 1 is 0.909 bits per heavy atom. The Balaban J connectivity index is 1.65. The molecule has 0 radical (unpaired) electrons. The van der Waals surface area contributed by atoms with Crippen LogP contribution in [0.2, 0.25) is 0 Å². The van der Waals surface area contributed by atoms with Crippen molar-refractivity contribution in [1.82, 2.24) is 9.80 Å². The van der Waals surface area contributed by atoms with Gasteiger partial charge >= 0.3 is 30.0 Å². The number of hydrogen-bond acceptors (Lipinski definition) is 4. The number of carboxylic acids is 1. The van der Waals surface area contributed by atoms with Crippen LogP contribution in [0.3, 0.4) is 0 Å². The lowest BCUT2D eigenvalue weighted by Crippen LogP contribution is -2.56. The second-order valence-electron chi connectivity index (χ2n) is 11.3. The predicted octanol–water partition coefficient (Wildman–Crippen LogP) is 5.72. The molecule has 2 amide bonds. The first kappa shape index (κ1) is 32.0. The third kappa shape index (κ3) is 4.70. The molecule has 0 bridgehead atoms. The number of halogens is 8. The van der Waals surface area contributed by atoms with Gasteiger partial charge < -0.3 is 14.9 Å². The number of carbonyl (C=O) groups excluding carboxylic acids is 1. The smallest absolute Gasteiger partial charge is 0.435 e. The molecule has 0 spiro atoms. The first-order valence-corrected chi connectivity index (χ1v) is 15.1. The van der Waals surface area contributed by atoms with Crippen LogP contribution in [0, 0.1) is 11.7 Å². The lowest BCUT2D eigenvalue weighted by Gasteiger charge is -2.44. The summed E-state index contributed by atoms with van der Waals surface area (Å²) in [4.78, 5) is 27.4. The zero-order chi connectivity index (χ0) is 32.5. The normalized spacial score (nSPS) is 24.5. The van der Waals surface area contributed by atoms with Gasteiger partial charge in [-0.15, -0.1) is 0 Å². The highest BCUT2D eigenvalue weighted by Gasteiger charge is 2.74. The molecule has 5 rings (SSSR count). The molecule has 240 valence electrons. The van der Waals surface area contributed by atoms with E-state index in [0.29, 0.717) is 18.9 Å². The molecule has 16 heteroatoms. The summed E-state index contributed by atoms with van der Waals surface area (Å²) < 4.78 is 137. The van der Waals surface area contributed by atoms with Crippen molar-refractivity contribution in [2.75, 3.05) is 19.6 Å². The molecule has 2 aromatic carbocycles. The van der Waals surface area contributed by atoms with Crippen LogP contribution in [0.4, 0.5) is 39.9 Å². The zero-order valence-corrected chi connectivity index (χ0v) is 23.6. The van der Waals surface area contributed by atoms with Crippen molar-refractivity contribution >= 4 is 21.8 Å². The number of carbonyl (C=O) groups is 2. The summed E-state index contributed by atoms with van der Waals surface area (Å²) >= 11 is 0. The third-order valence-electron chi connectivity index (χ3n) is 8.96. The Morgan fingerprint density at radius 3 is 2.14 bits per heavy atom. The van der Waals surface area contributed by atoms with Crippen molar-refractivity contribution < 1.29 is 58.2 Å². The second kappa shape index (κ2) is 10.6. The first-order chi connectivity index (χ1) is 20.4. The number of likely N-dealkylation sites (tertiary alicyclic amines) is 2. The molecule has 2 aromatic rings. The molecule has 0 unspecified atom stereocenters. The average molecular weight is 655 g/mol. The van der Waals surface area contributed by atoms with Gasteiger partial charge in [-0.25, -0.2) is 22.0 Å². The number of urea groups is 1. The van der Waals surface area contributed by atoms with E-state index in [1.807, 2.05) is 0 Å². The van der Waals surface area contributed by atoms with E-state index in [2.05, 4.69) is 0 Å². The largest absolute Gasteiger partial charge is 0.481 e. The summed E-state index contributed by atoms with van der Waals surface area (Å²) in [5, 5.41) is 9.45. The van der Waals surface area contributed by atoms with E-state index < -0.39 is 72.8 Å². The topological polar surface area (TPSA) is 95.0 Å². The number of piperidine rings is 1. The highest BCUT2D eigenvalue weighted by Crippen LogP contribution is 2.56. The number of fused-ring (bicyclic) bond motifs is 3. The van der Waals surface area contributed by atoms with Gasteiger partial charge in [0.25, 0.3) is 0 Å². The van der Waals surface area contributed by atoms with E-state index >= 15 is 0 Å². The fraction of sp³-hybridized carbons (Fsp3) is 0.500. The maximum Gasteiger partial charge on any atom is 0.435 e. The van der Waals surface area contributed by atoms with Crippen LogP contribution in [0.5, 0.6) is 0 Å².